The van der Waals surface area contributed by atoms with Gasteiger partial charge in [0.1, 0.15) is 12.3 Å². The number of fused-ring (bicyclic) bond motifs is 1. The number of nitrogens with one attached hydrogen (secondary N) is 2. The lowest BCUT2D eigenvalue weighted by molar-refractivity contribution is -0.127. The minimum absolute atomic E-state index is 0. The molecule has 0 spiro atoms. The summed E-state index contributed by atoms with van der Waals surface area (Å²) in [4.78, 5) is 18.1. The fourth-order valence-corrected chi connectivity index (χ4v) is 3.99. The Bertz CT molecular complexity index is 689. The number of nitrogens with zero attached hydrogens (tertiary/aromatic N) is 2. The number of ether oxygens (including phenoxy) is 1. The molecule has 2 atom stereocenters. The van der Waals surface area contributed by atoms with Crippen LogP contribution in [0.5, 0.6) is 5.75 Å². The predicted octanol–water partition coefficient (Wildman–Crippen LogP) is 3.37. The standard InChI is InChI=1S/C22H34N4O2.HI/c1-16(19-15-28-20-12-8-7-11-18(19)20)25-22(24-14-21(27)26(2)3)23-13-17-9-5-4-6-10-17;/h7-8,11-12,16-17,19H,4-6,9-10,13-15H2,1-3H3,(H2,23,24,25);1H. The molecule has 1 amide bonds. The summed E-state index contributed by atoms with van der Waals surface area (Å²) in [7, 11) is 3.52. The number of aliphatic imine (C=N–C) groups is 1. The van der Waals surface area contributed by atoms with Crippen LogP contribution in [0.1, 0.15) is 50.5 Å². The lowest BCUT2D eigenvalue weighted by Gasteiger charge is -2.26. The van der Waals surface area contributed by atoms with Crippen LogP contribution in [0.3, 0.4) is 0 Å². The third-order valence-corrected chi connectivity index (χ3v) is 5.86. The first kappa shape index (κ1) is 23.8. The van der Waals surface area contributed by atoms with Gasteiger partial charge in [-0.3, -0.25) is 4.79 Å². The van der Waals surface area contributed by atoms with Gasteiger partial charge in [-0.15, -0.1) is 24.0 Å². The summed E-state index contributed by atoms with van der Waals surface area (Å²) < 4.78 is 5.84. The average molecular weight is 514 g/mol. The van der Waals surface area contributed by atoms with E-state index in [-0.39, 0.29) is 48.4 Å². The van der Waals surface area contributed by atoms with Crippen molar-refractivity contribution >= 4 is 35.8 Å². The maximum Gasteiger partial charge on any atom is 0.243 e. The minimum atomic E-state index is 0. The van der Waals surface area contributed by atoms with Crippen molar-refractivity contribution in [1.82, 2.24) is 15.5 Å². The fraction of sp³-hybridized carbons (Fsp3) is 0.636. The second kappa shape index (κ2) is 11.6. The highest BCUT2D eigenvalue weighted by Gasteiger charge is 2.29. The molecule has 2 unspecified atom stereocenters. The molecule has 162 valence electrons. The van der Waals surface area contributed by atoms with Crippen LogP contribution in [-0.4, -0.2) is 56.6 Å². The van der Waals surface area contributed by atoms with E-state index in [2.05, 4.69) is 34.7 Å². The lowest BCUT2D eigenvalue weighted by Crippen LogP contribution is -2.47. The van der Waals surface area contributed by atoms with Gasteiger partial charge in [0.05, 0.1) is 6.61 Å². The highest BCUT2D eigenvalue weighted by Crippen LogP contribution is 2.35. The van der Waals surface area contributed by atoms with Gasteiger partial charge in [0.15, 0.2) is 5.96 Å². The Balaban J connectivity index is 0.00000300. The van der Waals surface area contributed by atoms with Crippen LogP contribution in [0, 0.1) is 5.92 Å². The molecule has 1 aromatic rings. The van der Waals surface area contributed by atoms with Crippen molar-refractivity contribution in [3.05, 3.63) is 29.8 Å². The third kappa shape index (κ3) is 6.76. The molecule has 7 heteroatoms. The van der Waals surface area contributed by atoms with Gasteiger partial charge < -0.3 is 20.3 Å². The number of halogens is 1. The minimum Gasteiger partial charge on any atom is -0.493 e. The van der Waals surface area contributed by atoms with Crippen molar-refractivity contribution < 1.29 is 9.53 Å². The van der Waals surface area contributed by atoms with E-state index in [1.54, 1.807) is 19.0 Å². The van der Waals surface area contributed by atoms with E-state index in [9.17, 15) is 4.79 Å². The molecule has 0 bridgehead atoms. The smallest absolute Gasteiger partial charge is 0.243 e. The molecule has 1 fully saturated rings. The van der Waals surface area contributed by atoms with E-state index < -0.39 is 0 Å². The molecule has 0 saturated heterocycles. The molecule has 1 aromatic carbocycles. The molecular formula is C22H35IN4O2. The van der Waals surface area contributed by atoms with E-state index >= 15 is 0 Å². The molecule has 1 aliphatic carbocycles. The molecule has 1 saturated carbocycles. The number of carbonyl (C=O) groups is 1. The number of benzene rings is 1. The molecule has 1 aliphatic heterocycles. The van der Waals surface area contributed by atoms with Gasteiger partial charge in [-0.25, -0.2) is 4.99 Å². The van der Waals surface area contributed by atoms with Gasteiger partial charge in [0, 0.05) is 38.2 Å². The summed E-state index contributed by atoms with van der Waals surface area (Å²) in [6.45, 7) is 3.88. The van der Waals surface area contributed by atoms with E-state index in [1.807, 2.05) is 12.1 Å². The van der Waals surface area contributed by atoms with Crippen molar-refractivity contribution in [2.24, 2.45) is 10.9 Å². The second-order valence-electron chi connectivity index (χ2n) is 8.23. The lowest BCUT2D eigenvalue weighted by atomic mass is 9.89. The molecular weight excluding hydrogens is 479 g/mol. The van der Waals surface area contributed by atoms with Crippen LogP contribution in [0.25, 0.3) is 0 Å². The Kier molecular flexibility index (Phi) is 9.52. The second-order valence-corrected chi connectivity index (χ2v) is 8.23. The molecule has 2 aliphatic rings. The Hall–Kier alpha value is -1.51. The number of likely N-dealkylation sites (N-methyl/N-ethyl adjacent to an activating group) is 1. The van der Waals surface area contributed by atoms with Crippen molar-refractivity contribution in [2.45, 2.75) is 51.0 Å². The number of guanidine groups is 1. The van der Waals surface area contributed by atoms with Gasteiger partial charge >= 0.3 is 0 Å². The normalized spacial score (nSPS) is 20.1. The van der Waals surface area contributed by atoms with Gasteiger partial charge in [-0.1, -0.05) is 37.5 Å². The SMILES string of the molecule is CC(NC(=NCC(=O)N(C)C)NCC1CCCCC1)C1COc2ccccc21.I. The summed E-state index contributed by atoms with van der Waals surface area (Å²) in [6.07, 6.45) is 6.54. The van der Waals surface area contributed by atoms with E-state index in [0.717, 1.165) is 18.3 Å². The molecule has 2 N–H and O–H groups in total. The van der Waals surface area contributed by atoms with Gasteiger partial charge in [0.25, 0.3) is 0 Å². The van der Waals surface area contributed by atoms with Crippen LogP contribution in [0.2, 0.25) is 0 Å². The number of rotatable bonds is 6. The molecule has 29 heavy (non-hydrogen) atoms. The number of hydrogen-bond acceptors (Lipinski definition) is 3. The van der Waals surface area contributed by atoms with Crippen LogP contribution in [0.4, 0.5) is 0 Å². The van der Waals surface area contributed by atoms with Gasteiger partial charge in [-0.2, -0.15) is 0 Å². The summed E-state index contributed by atoms with van der Waals surface area (Å²) in [6, 6.07) is 8.36. The Labute approximate surface area is 191 Å². The first-order valence-corrected chi connectivity index (χ1v) is 10.5. The summed E-state index contributed by atoms with van der Waals surface area (Å²) >= 11 is 0. The Morgan fingerprint density at radius 3 is 2.69 bits per heavy atom. The quantitative estimate of drug-likeness (QED) is 0.347. The summed E-state index contributed by atoms with van der Waals surface area (Å²) in [5, 5.41) is 7.01. The van der Waals surface area contributed by atoms with Crippen LogP contribution in [0.15, 0.2) is 29.3 Å². The third-order valence-electron chi connectivity index (χ3n) is 5.86. The summed E-state index contributed by atoms with van der Waals surface area (Å²) in [5.41, 5.74) is 1.23. The van der Waals surface area contributed by atoms with Gasteiger partial charge in [-0.05, 0) is 31.7 Å². The van der Waals surface area contributed by atoms with Crippen molar-refractivity contribution in [1.29, 1.82) is 0 Å². The zero-order chi connectivity index (χ0) is 19.9. The summed E-state index contributed by atoms with van der Waals surface area (Å²) in [5.74, 6) is 2.65. The van der Waals surface area contributed by atoms with E-state index in [4.69, 9.17) is 4.74 Å². The first-order chi connectivity index (χ1) is 13.5. The molecule has 0 radical (unpaired) electrons. The maximum absolute atomic E-state index is 12.0. The molecule has 6 nitrogen and oxygen atoms in total. The van der Waals surface area contributed by atoms with Crippen molar-refractivity contribution in [2.75, 3.05) is 33.8 Å². The molecule has 0 aromatic heterocycles. The van der Waals surface area contributed by atoms with E-state index in [1.165, 1.54) is 37.7 Å². The van der Waals surface area contributed by atoms with Crippen LogP contribution in [-0.2, 0) is 4.79 Å². The van der Waals surface area contributed by atoms with Gasteiger partial charge in [0.2, 0.25) is 5.91 Å². The predicted molar refractivity (Wildman–Crippen MR) is 128 cm³/mol. The fourth-order valence-electron chi connectivity index (χ4n) is 3.99. The topological polar surface area (TPSA) is 66.0 Å². The number of hydrogen-bond donors (Lipinski definition) is 2. The molecule has 1 heterocycles. The maximum atomic E-state index is 12.0. The largest absolute Gasteiger partial charge is 0.493 e. The zero-order valence-electron chi connectivity index (χ0n) is 17.8. The zero-order valence-corrected chi connectivity index (χ0v) is 20.1. The van der Waals surface area contributed by atoms with Crippen LogP contribution < -0.4 is 15.4 Å². The van der Waals surface area contributed by atoms with Crippen molar-refractivity contribution in [3.63, 3.8) is 0 Å². The first-order valence-electron chi connectivity index (χ1n) is 10.5. The number of para-hydroxylation sites is 1. The highest BCUT2D eigenvalue weighted by atomic mass is 127. The van der Waals surface area contributed by atoms with E-state index in [0.29, 0.717) is 12.5 Å². The van der Waals surface area contributed by atoms with Crippen molar-refractivity contribution in [3.8, 4) is 5.75 Å². The highest BCUT2D eigenvalue weighted by molar-refractivity contribution is 14.0. The molecule has 3 rings (SSSR count). The Morgan fingerprint density at radius 2 is 1.97 bits per heavy atom. The number of carbonyl (C=O) groups excluding carboxylic acids is 1. The van der Waals surface area contributed by atoms with Crippen LogP contribution >= 0.6 is 24.0 Å². The Morgan fingerprint density at radius 1 is 1.24 bits per heavy atom. The monoisotopic (exact) mass is 514 g/mol. The number of amides is 1. The average Bonchev–Trinajstić information content (AvgIpc) is 3.14.